The molecule has 16 nitrogen and oxygen atoms in total. The van der Waals surface area contributed by atoms with E-state index in [1.54, 1.807) is 92.7 Å². The lowest BCUT2D eigenvalue weighted by molar-refractivity contribution is -0.346. The largest absolute Gasteiger partial charge is 0.461 e. The second kappa shape index (κ2) is 19.7. The number of ether oxygens (including phenoxy) is 6. The van der Waals surface area contributed by atoms with Gasteiger partial charge in [-0.1, -0.05) is 80.6 Å². The Morgan fingerprint density at radius 3 is 2.03 bits per heavy atom. The maximum absolute atomic E-state index is 16.1. The number of amides is 1. The minimum atomic E-state index is -2.46. The SMILES string of the molecule is C#CCCCC(=O)O[C@H]1C[C@H]2OC[C@@]2(OC(C)=O)C2C(OC(=O)c3ccccc3)[C@]3(O)C[C@H](OC(=O)[C@H](O)[C@@H](NC(=O)c4ccccc4)c4ccccc4)C(C)=C([C@@H](OC(C)=O)C(=O)[C@@]21C)C3(C)C. The number of aliphatic hydroxyl groups is 2. The number of hydrogen-bond acceptors (Lipinski definition) is 15. The van der Waals surface area contributed by atoms with Crippen molar-refractivity contribution in [3.8, 4) is 12.3 Å². The Morgan fingerprint density at radius 2 is 1.46 bits per heavy atom. The highest BCUT2D eigenvalue weighted by Gasteiger charge is 2.79. The predicted molar refractivity (Wildman–Crippen MR) is 244 cm³/mol. The lowest BCUT2D eigenvalue weighted by Crippen LogP contribution is -2.82. The first-order valence-corrected chi connectivity index (χ1v) is 22.9. The third-order valence-electron chi connectivity index (χ3n) is 14.4. The third-order valence-corrected chi connectivity index (χ3v) is 14.4. The molecule has 364 valence electrons. The van der Waals surface area contributed by atoms with Crippen LogP contribution in [0.1, 0.15) is 106 Å². The lowest BCUT2D eigenvalue weighted by atomic mass is 9.44. The lowest BCUT2D eigenvalue weighted by Gasteiger charge is -2.67. The van der Waals surface area contributed by atoms with Gasteiger partial charge in [0.05, 0.1) is 29.5 Å². The van der Waals surface area contributed by atoms with Crippen LogP contribution in [0.25, 0.3) is 0 Å². The normalized spacial score (nSPS) is 29.6. The summed E-state index contributed by atoms with van der Waals surface area (Å²) in [4.78, 5) is 98.8. The predicted octanol–water partition coefficient (Wildman–Crippen LogP) is 5.09. The molecule has 0 radical (unpaired) electrons. The first-order chi connectivity index (χ1) is 32.7. The first kappa shape index (κ1) is 50.2. The number of fused-ring (bicyclic) bond motifs is 5. The number of aliphatic hydroxyl groups excluding tert-OH is 1. The van der Waals surface area contributed by atoms with Crippen molar-refractivity contribution in [2.24, 2.45) is 16.7 Å². The number of hydrogen-bond donors (Lipinski definition) is 3. The molecule has 0 aromatic heterocycles. The van der Waals surface area contributed by atoms with E-state index in [1.807, 2.05) is 0 Å². The summed E-state index contributed by atoms with van der Waals surface area (Å²) < 4.78 is 37.1. The number of benzene rings is 3. The topological polar surface area (TPSA) is 227 Å². The van der Waals surface area contributed by atoms with Crippen LogP contribution >= 0.6 is 0 Å². The molecule has 11 atom stereocenters. The van der Waals surface area contributed by atoms with Crippen LogP contribution < -0.4 is 5.32 Å². The average molecular weight is 948 g/mol. The summed E-state index contributed by atoms with van der Waals surface area (Å²) >= 11 is 0. The molecule has 3 N–H and O–H groups in total. The molecule has 1 aliphatic heterocycles. The van der Waals surface area contributed by atoms with Crippen molar-refractivity contribution < 1.29 is 72.2 Å². The number of ketones is 1. The molecule has 3 aromatic carbocycles. The van der Waals surface area contributed by atoms with Gasteiger partial charge >= 0.3 is 29.8 Å². The summed E-state index contributed by atoms with van der Waals surface area (Å²) in [5.41, 5.74) is -7.39. The van der Waals surface area contributed by atoms with Gasteiger partial charge in [0.1, 0.15) is 30.0 Å². The summed E-state index contributed by atoms with van der Waals surface area (Å²) in [7, 11) is 0. The zero-order valence-electron chi connectivity index (χ0n) is 39.3. The number of carbonyl (C=O) groups excluding carboxylic acids is 7. The van der Waals surface area contributed by atoms with Gasteiger partial charge in [-0.3, -0.25) is 24.0 Å². The Labute approximate surface area is 400 Å². The number of terminal acetylenes is 1. The minimum absolute atomic E-state index is 0.0335. The van der Waals surface area contributed by atoms with Crippen LogP contribution in [-0.2, 0) is 52.4 Å². The minimum Gasteiger partial charge on any atom is -0.461 e. The van der Waals surface area contributed by atoms with E-state index in [4.69, 9.17) is 34.8 Å². The fourth-order valence-electron chi connectivity index (χ4n) is 10.9. The van der Waals surface area contributed by atoms with Gasteiger partial charge in [0.2, 0.25) is 0 Å². The number of carbonyl (C=O) groups is 7. The summed E-state index contributed by atoms with van der Waals surface area (Å²) in [6, 6.07) is 22.8. The van der Waals surface area contributed by atoms with Gasteiger partial charge in [-0.05, 0) is 61.2 Å². The van der Waals surface area contributed by atoms with Gasteiger partial charge in [-0.25, -0.2) is 9.59 Å². The number of unbranched alkanes of at least 4 members (excludes halogenated alkanes) is 1. The van der Waals surface area contributed by atoms with E-state index >= 15 is 4.79 Å². The zero-order valence-corrected chi connectivity index (χ0v) is 39.3. The molecule has 1 amide bonds. The van der Waals surface area contributed by atoms with Crippen molar-refractivity contribution in [1.82, 2.24) is 5.32 Å². The molecular formula is C53H57NO15. The molecule has 3 aromatic rings. The van der Waals surface area contributed by atoms with Crippen molar-refractivity contribution in [3.05, 3.63) is 119 Å². The highest BCUT2D eigenvalue weighted by Crippen LogP contribution is 2.65. The molecular weight excluding hydrogens is 891 g/mol. The summed E-state index contributed by atoms with van der Waals surface area (Å²) in [5.74, 6) is -5.31. The molecule has 16 heteroatoms. The highest BCUT2D eigenvalue weighted by atomic mass is 16.6. The monoisotopic (exact) mass is 947 g/mol. The molecule has 2 unspecified atom stereocenters. The van der Waals surface area contributed by atoms with E-state index in [0.717, 1.165) is 13.8 Å². The number of esters is 5. The molecule has 7 rings (SSSR count). The van der Waals surface area contributed by atoms with Gasteiger partial charge in [0, 0.05) is 50.5 Å². The van der Waals surface area contributed by atoms with Crippen molar-refractivity contribution in [2.45, 2.75) is 128 Å². The van der Waals surface area contributed by atoms with Crippen molar-refractivity contribution in [1.29, 1.82) is 0 Å². The van der Waals surface area contributed by atoms with Crippen LogP contribution in [-0.4, -0.2) is 106 Å². The number of nitrogens with one attached hydrogen (secondary N) is 1. The maximum Gasteiger partial charge on any atom is 0.338 e. The second-order valence-electron chi connectivity index (χ2n) is 18.9. The van der Waals surface area contributed by atoms with E-state index in [0.29, 0.717) is 5.56 Å². The molecule has 4 aliphatic rings. The maximum atomic E-state index is 16.1. The van der Waals surface area contributed by atoms with E-state index in [-0.39, 0.29) is 54.6 Å². The van der Waals surface area contributed by atoms with Crippen molar-refractivity contribution in [3.63, 3.8) is 0 Å². The van der Waals surface area contributed by atoms with Gasteiger partial charge in [-0.2, -0.15) is 0 Å². The van der Waals surface area contributed by atoms with Gasteiger partial charge < -0.3 is 44.0 Å². The fourth-order valence-corrected chi connectivity index (χ4v) is 10.9. The van der Waals surface area contributed by atoms with Crippen LogP contribution in [0.5, 0.6) is 0 Å². The molecule has 2 bridgehead atoms. The molecule has 3 fully saturated rings. The van der Waals surface area contributed by atoms with Crippen molar-refractivity contribution in [2.75, 3.05) is 6.61 Å². The summed E-state index contributed by atoms with van der Waals surface area (Å²) in [6.45, 7) is 7.93. The van der Waals surface area contributed by atoms with Crippen LogP contribution in [0.4, 0.5) is 0 Å². The summed E-state index contributed by atoms with van der Waals surface area (Å²) in [5, 5.41) is 28.6. The van der Waals surface area contributed by atoms with E-state index in [2.05, 4.69) is 11.2 Å². The van der Waals surface area contributed by atoms with Crippen LogP contribution in [0.15, 0.2) is 102 Å². The Kier molecular flexibility index (Phi) is 14.4. The zero-order chi connectivity index (χ0) is 50.1. The highest BCUT2D eigenvalue weighted by molar-refractivity contribution is 5.96. The molecule has 3 aliphatic carbocycles. The first-order valence-electron chi connectivity index (χ1n) is 22.9. The Balaban J connectivity index is 1.42. The van der Waals surface area contributed by atoms with E-state index in [1.165, 1.54) is 26.0 Å². The Hall–Kier alpha value is -6.67. The van der Waals surface area contributed by atoms with Crippen LogP contribution in [0.2, 0.25) is 0 Å². The van der Waals surface area contributed by atoms with Gasteiger partial charge in [0.15, 0.2) is 23.6 Å². The van der Waals surface area contributed by atoms with Crippen molar-refractivity contribution >= 4 is 41.5 Å². The quantitative estimate of drug-likeness (QED) is 0.0629. The molecule has 1 heterocycles. The molecule has 0 spiro atoms. The molecule has 69 heavy (non-hydrogen) atoms. The van der Waals surface area contributed by atoms with Gasteiger partial charge in [-0.15, -0.1) is 12.3 Å². The van der Waals surface area contributed by atoms with Crippen LogP contribution in [0.3, 0.4) is 0 Å². The molecule has 1 saturated heterocycles. The smallest absolute Gasteiger partial charge is 0.338 e. The van der Waals surface area contributed by atoms with Gasteiger partial charge in [0.25, 0.3) is 5.91 Å². The standard InChI is InChI=1S/C53H57NO15/c1-8-9-13-26-39(57)67-37-27-38-52(29-64-38,69-32(4)56)44-46(68-48(61)35-24-18-12-19-25-35)53(63)28-36(30(2)40(50(53,5)6)43(65-31(3)55)45(59)51(37,44)7)66-49(62)42(58)41(33-20-14-10-15-21-33)54-47(60)34-22-16-11-17-23-34/h1,10-12,14-25,36-38,41-44,46,58,63H,9,13,26-29H2,2-7H3,(H,54,60)/t36-,37-,38+,41-,42+,43+,44?,46?,51+,52-,53+/m0/s1. The number of rotatable bonds is 14. The average Bonchev–Trinajstić information content (AvgIpc) is 3.31. The summed E-state index contributed by atoms with van der Waals surface area (Å²) in [6.07, 6.45) is -4.87. The molecule has 2 saturated carbocycles. The second-order valence-corrected chi connectivity index (χ2v) is 18.9. The van der Waals surface area contributed by atoms with E-state index in [9.17, 15) is 39.0 Å². The Bertz CT molecular complexity index is 2550. The fraction of sp³-hybridized carbons (Fsp3) is 0.453. The Morgan fingerprint density at radius 1 is 0.855 bits per heavy atom. The third kappa shape index (κ3) is 9.18. The van der Waals surface area contributed by atoms with Crippen LogP contribution in [0, 0.1) is 29.1 Å². The number of Topliss-reactive ketones (excluding diaryl/α,β-unsaturated/α-hetero) is 1. The van der Waals surface area contributed by atoms with E-state index < -0.39 is 119 Å².